The van der Waals surface area contributed by atoms with Gasteiger partial charge in [0.2, 0.25) is 11.8 Å². The number of piperidine rings is 1. The molecule has 0 spiro atoms. The van der Waals surface area contributed by atoms with Gasteiger partial charge in [-0.15, -0.1) is 11.3 Å². The molecule has 3 N–H and O–H groups in total. The summed E-state index contributed by atoms with van der Waals surface area (Å²) in [5, 5.41) is 10.4. The summed E-state index contributed by atoms with van der Waals surface area (Å²) in [7, 11) is 0. The first-order valence-corrected chi connectivity index (χ1v) is 18.7. The molecule has 2 saturated heterocycles. The first kappa shape index (κ1) is 33.4. The summed E-state index contributed by atoms with van der Waals surface area (Å²) in [6.07, 6.45) is 7.62. The molecule has 0 unspecified atom stereocenters. The Morgan fingerprint density at radius 3 is 2.43 bits per heavy atom. The summed E-state index contributed by atoms with van der Waals surface area (Å²) in [5.74, 6) is 0.481. The fourth-order valence-corrected chi connectivity index (χ4v) is 8.87. The molecule has 3 aromatic rings. The van der Waals surface area contributed by atoms with Gasteiger partial charge < -0.3 is 25.6 Å². The molecule has 2 aromatic carbocycles. The van der Waals surface area contributed by atoms with E-state index in [2.05, 4.69) is 49.5 Å². The number of ether oxygens (including phenoxy) is 1. The molecule has 1 atom stereocenters. The van der Waals surface area contributed by atoms with E-state index < -0.39 is 11.6 Å². The van der Waals surface area contributed by atoms with E-state index >= 15 is 0 Å². The third-order valence-electron chi connectivity index (χ3n) is 9.98. The molecule has 10 heteroatoms. The zero-order valence-electron chi connectivity index (χ0n) is 26.4. The minimum atomic E-state index is -1.03. The topological polar surface area (TPSA) is 99.8 Å². The summed E-state index contributed by atoms with van der Waals surface area (Å²) in [6, 6.07) is 17.1. The quantitative estimate of drug-likeness (QED) is 0.224. The molecule has 3 aliphatic rings. The van der Waals surface area contributed by atoms with Crippen LogP contribution in [0.4, 0.5) is 0 Å². The molecule has 3 fully saturated rings. The number of nitrogens with one attached hydrogen (secondary N) is 3. The Morgan fingerprint density at radius 2 is 1.70 bits per heavy atom. The standard InChI is InChI=1S/C36H45IN4O4S/c37-29-9-8-28-21-32(46-31(28)22-29)34(43)40-36(14-4-5-15-36)35(44)39-30(20-25-6-2-1-3-7-25)33(42)38-23-26-10-16-41(17-11-26)24-27-12-18-45-19-13-27/h1-3,6-9,21-22,26-27,30H,4-5,10-20,23-24H2,(H,38,42)(H,39,44)(H,40,43)/t30-/m1/s1. The molecular formula is C36H45IN4O4S. The lowest BCUT2D eigenvalue weighted by molar-refractivity contribution is -0.132. The van der Waals surface area contributed by atoms with Gasteiger partial charge in [0.05, 0.1) is 4.88 Å². The van der Waals surface area contributed by atoms with Gasteiger partial charge in [0.25, 0.3) is 5.91 Å². The number of halogens is 1. The second-order valence-electron chi connectivity index (χ2n) is 13.3. The van der Waals surface area contributed by atoms with Crippen molar-refractivity contribution in [3.05, 3.63) is 68.6 Å². The molecule has 3 heterocycles. The van der Waals surface area contributed by atoms with Gasteiger partial charge in [-0.1, -0.05) is 49.2 Å². The first-order valence-electron chi connectivity index (χ1n) is 16.8. The fraction of sp³-hybridized carbons (Fsp3) is 0.528. The number of thiophene rings is 1. The predicted octanol–water partition coefficient (Wildman–Crippen LogP) is 5.53. The lowest BCUT2D eigenvalue weighted by Gasteiger charge is -2.35. The van der Waals surface area contributed by atoms with Crippen LogP contribution in [-0.4, -0.2) is 73.6 Å². The molecule has 0 radical (unpaired) electrons. The Labute approximate surface area is 289 Å². The number of benzene rings is 2. The highest BCUT2D eigenvalue weighted by atomic mass is 127. The Hall–Kier alpha value is -2.54. The lowest BCUT2D eigenvalue weighted by atomic mass is 9.93. The summed E-state index contributed by atoms with van der Waals surface area (Å²) < 4.78 is 7.68. The minimum Gasteiger partial charge on any atom is -0.381 e. The zero-order chi connectivity index (χ0) is 31.9. The van der Waals surface area contributed by atoms with E-state index in [0.29, 0.717) is 36.6 Å². The van der Waals surface area contributed by atoms with Crippen molar-refractivity contribution in [2.45, 2.75) is 69.4 Å². The van der Waals surface area contributed by atoms with E-state index in [-0.39, 0.29) is 17.7 Å². The van der Waals surface area contributed by atoms with Crippen LogP contribution in [0.3, 0.4) is 0 Å². The average molecular weight is 757 g/mol. The van der Waals surface area contributed by atoms with Crippen LogP contribution in [0.5, 0.6) is 0 Å². The Balaban J connectivity index is 1.08. The van der Waals surface area contributed by atoms with E-state index in [1.165, 1.54) is 11.3 Å². The van der Waals surface area contributed by atoms with Crippen LogP contribution in [0.15, 0.2) is 54.6 Å². The highest BCUT2D eigenvalue weighted by Gasteiger charge is 2.44. The molecular weight excluding hydrogens is 711 g/mol. The highest BCUT2D eigenvalue weighted by Crippen LogP contribution is 2.33. The van der Waals surface area contributed by atoms with Crippen LogP contribution in [0.1, 0.15) is 66.6 Å². The van der Waals surface area contributed by atoms with Gasteiger partial charge in [-0.3, -0.25) is 14.4 Å². The number of rotatable bonds is 11. The summed E-state index contributed by atoms with van der Waals surface area (Å²) in [5.41, 5.74) is -0.0532. The van der Waals surface area contributed by atoms with E-state index in [1.54, 1.807) is 0 Å². The number of nitrogens with zero attached hydrogens (tertiary/aromatic N) is 1. The molecule has 1 saturated carbocycles. The smallest absolute Gasteiger partial charge is 0.262 e. The molecule has 1 aliphatic carbocycles. The molecule has 6 rings (SSSR count). The number of likely N-dealkylation sites (tertiary alicyclic amines) is 1. The largest absolute Gasteiger partial charge is 0.381 e. The van der Waals surface area contributed by atoms with Crippen molar-refractivity contribution < 1.29 is 19.1 Å². The van der Waals surface area contributed by atoms with Gasteiger partial charge in [-0.25, -0.2) is 0 Å². The van der Waals surface area contributed by atoms with Crippen LogP contribution < -0.4 is 16.0 Å². The average Bonchev–Trinajstić information content (AvgIpc) is 3.73. The zero-order valence-corrected chi connectivity index (χ0v) is 29.4. The fourth-order valence-electron chi connectivity index (χ4n) is 7.17. The molecule has 3 amide bonds. The number of carbonyl (C=O) groups excluding carboxylic acids is 3. The maximum absolute atomic E-state index is 14.0. The van der Waals surface area contributed by atoms with E-state index in [1.807, 2.05) is 48.5 Å². The molecule has 0 bridgehead atoms. The third-order valence-corrected chi connectivity index (χ3v) is 11.8. The van der Waals surface area contributed by atoms with Gasteiger partial charge in [0, 0.05) is 41.0 Å². The number of carbonyl (C=O) groups is 3. The maximum atomic E-state index is 14.0. The summed E-state index contributed by atoms with van der Waals surface area (Å²) >= 11 is 3.71. The van der Waals surface area contributed by atoms with Gasteiger partial charge in [-0.05, 0) is 115 Å². The summed E-state index contributed by atoms with van der Waals surface area (Å²) in [4.78, 5) is 44.4. The molecule has 46 heavy (non-hydrogen) atoms. The Bertz CT molecular complexity index is 1490. The monoisotopic (exact) mass is 756 g/mol. The molecule has 1 aromatic heterocycles. The lowest BCUT2D eigenvalue weighted by Crippen LogP contribution is -2.61. The third kappa shape index (κ3) is 8.48. The van der Waals surface area contributed by atoms with E-state index in [0.717, 1.165) is 96.5 Å². The molecule has 8 nitrogen and oxygen atoms in total. The van der Waals surface area contributed by atoms with Crippen LogP contribution in [0, 0.1) is 15.4 Å². The summed E-state index contributed by atoms with van der Waals surface area (Å²) in [6.45, 7) is 5.64. The van der Waals surface area contributed by atoms with Crippen molar-refractivity contribution in [1.82, 2.24) is 20.9 Å². The van der Waals surface area contributed by atoms with Crippen LogP contribution in [0.2, 0.25) is 0 Å². The van der Waals surface area contributed by atoms with Crippen molar-refractivity contribution in [2.75, 3.05) is 39.4 Å². The van der Waals surface area contributed by atoms with Crippen molar-refractivity contribution >= 4 is 61.7 Å². The highest BCUT2D eigenvalue weighted by molar-refractivity contribution is 14.1. The first-order chi connectivity index (χ1) is 22.4. The Kier molecular flexibility index (Phi) is 11.3. The van der Waals surface area contributed by atoms with Crippen molar-refractivity contribution in [2.24, 2.45) is 11.8 Å². The van der Waals surface area contributed by atoms with Crippen LogP contribution in [0.25, 0.3) is 10.1 Å². The van der Waals surface area contributed by atoms with Crippen molar-refractivity contribution in [1.29, 1.82) is 0 Å². The normalized spacial score (nSPS) is 19.9. The van der Waals surface area contributed by atoms with Gasteiger partial charge >= 0.3 is 0 Å². The minimum absolute atomic E-state index is 0.166. The number of fused-ring (bicyclic) bond motifs is 1. The van der Waals surface area contributed by atoms with Gasteiger partial charge in [0.15, 0.2) is 0 Å². The maximum Gasteiger partial charge on any atom is 0.262 e. The van der Waals surface area contributed by atoms with Crippen molar-refractivity contribution in [3.8, 4) is 0 Å². The second kappa shape index (κ2) is 15.6. The van der Waals surface area contributed by atoms with Crippen LogP contribution >= 0.6 is 33.9 Å². The number of amides is 3. The van der Waals surface area contributed by atoms with Gasteiger partial charge in [-0.2, -0.15) is 0 Å². The van der Waals surface area contributed by atoms with Gasteiger partial charge in [0.1, 0.15) is 11.6 Å². The van der Waals surface area contributed by atoms with Crippen LogP contribution in [-0.2, 0) is 20.7 Å². The van der Waals surface area contributed by atoms with Crippen molar-refractivity contribution in [3.63, 3.8) is 0 Å². The Morgan fingerprint density at radius 1 is 0.957 bits per heavy atom. The van der Waals surface area contributed by atoms with E-state index in [4.69, 9.17) is 4.74 Å². The molecule has 2 aliphatic heterocycles. The van der Waals surface area contributed by atoms with E-state index in [9.17, 15) is 14.4 Å². The predicted molar refractivity (Wildman–Crippen MR) is 191 cm³/mol. The number of hydrogen-bond donors (Lipinski definition) is 3. The number of hydrogen-bond acceptors (Lipinski definition) is 6. The SMILES string of the molecule is O=C(NC1(C(=O)N[C@H](Cc2ccccc2)C(=O)NCC2CCN(CC3CCOCC3)CC2)CCCC1)c1cc2ccc(I)cc2s1. The molecule has 246 valence electrons. The second-order valence-corrected chi connectivity index (χ2v) is 15.6.